The van der Waals surface area contributed by atoms with E-state index >= 15 is 0 Å². The number of rotatable bonds is 2. The molecule has 0 aromatic rings. The Bertz CT molecular complexity index is 857. The summed E-state index contributed by atoms with van der Waals surface area (Å²) in [6.45, 7) is 9.80. The summed E-state index contributed by atoms with van der Waals surface area (Å²) < 4.78 is 24.1. The van der Waals surface area contributed by atoms with E-state index in [1.54, 1.807) is 0 Å². The van der Waals surface area contributed by atoms with E-state index in [1.165, 1.54) is 20.3 Å². The largest absolute Gasteiger partial charge is 0.462 e. The molecule has 4 aliphatic carbocycles. The van der Waals surface area contributed by atoms with Gasteiger partial charge in [-0.05, 0) is 62.7 Å². The van der Waals surface area contributed by atoms with Gasteiger partial charge in [-0.25, -0.2) is 0 Å². The van der Waals surface area contributed by atoms with Gasteiger partial charge in [0.1, 0.15) is 17.3 Å². The van der Waals surface area contributed by atoms with Gasteiger partial charge in [-0.2, -0.15) is 0 Å². The second kappa shape index (κ2) is 5.85. The zero-order chi connectivity index (χ0) is 22.0. The summed E-state index contributed by atoms with van der Waals surface area (Å²) in [4.78, 5) is 23.3. The number of epoxide rings is 2. The Hall–Kier alpha value is -1.14. The predicted molar refractivity (Wildman–Crippen MR) is 111 cm³/mol. The van der Waals surface area contributed by atoms with Crippen LogP contribution in [0.25, 0.3) is 0 Å². The van der Waals surface area contributed by atoms with E-state index in [1.807, 2.05) is 6.92 Å². The predicted octanol–water partition coefficient (Wildman–Crippen LogP) is 4.14. The summed E-state index contributed by atoms with van der Waals surface area (Å²) in [5.74, 6) is 0.632. The zero-order valence-electron chi connectivity index (χ0n) is 19.5. The van der Waals surface area contributed by atoms with E-state index in [9.17, 15) is 9.59 Å². The normalized spacial score (nSPS) is 58.4. The molecule has 0 amide bonds. The Morgan fingerprint density at radius 3 is 2.29 bits per heavy atom. The van der Waals surface area contributed by atoms with E-state index in [0.29, 0.717) is 17.8 Å². The van der Waals surface area contributed by atoms with Crippen LogP contribution in [0.4, 0.5) is 0 Å². The molecular weight excluding hydrogens is 396 g/mol. The van der Waals surface area contributed by atoms with E-state index in [0.717, 1.165) is 44.9 Å². The lowest BCUT2D eigenvalue weighted by Crippen LogP contribution is -2.59. The fourth-order valence-corrected chi connectivity index (χ4v) is 9.57. The first-order valence-electron chi connectivity index (χ1n) is 12.3. The van der Waals surface area contributed by atoms with Crippen molar-refractivity contribution in [1.29, 1.82) is 0 Å². The van der Waals surface area contributed by atoms with Gasteiger partial charge >= 0.3 is 11.9 Å². The average molecular weight is 433 g/mol. The van der Waals surface area contributed by atoms with E-state index in [2.05, 4.69) is 13.8 Å². The Morgan fingerprint density at radius 2 is 1.58 bits per heavy atom. The Kier molecular flexibility index (Phi) is 3.86. The van der Waals surface area contributed by atoms with Gasteiger partial charge in [0.2, 0.25) is 5.79 Å². The van der Waals surface area contributed by atoms with E-state index in [-0.39, 0.29) is 46.2 Å². The number of hydrogen-bond donors (Lipinski definition) is 0. The quantitative estimate of drug-likeness (QED) is 0.482. The van der Waals surface area contributed by atoms with Crippen LogP contribution in [0.5, 0.6) is 0 Å². The molecule has 6 rings (SSSR count). The smallest absolute Gasteiger partial charge is 0.305 e. The Balaban J connectivity index is 1.27. The second-order valence-electron chi connectivity index (χ2n) is 12.0. The lowest BCUT2D eigenvalue weighted by molar-refractivity contribution is -0.159. The van der Waals surface area contributed by atoms with Crippen LogP contribution in [0.3, 0.4) is 0 Å². The van der Waals surface area contributed by atoms with Crippen LogP contribution < -0.4 is 0 Å². The molecule has 0 radical (unpaired) electrons. The molecule has 0 aromatic heterocycles. The average Bonchev–Trinajstić information content (AvgIpc) is 3.47. The van der Waals surface area contributed by atoms with Crippen molar-refractivity contribution >= 4 is 11.9 Å². The maximum atomic E-state index is 11.7. The summed E-state index contributed by atoms with van der Waals surface area (Å²) in [5, 5.41) is 0. The minimum Gasteiger partial charge on any atom is -0.462 e. The summed E-state index contributed by atoms with van der Waals surface area (Å²) >= 11 is 0. The molecule has 6 heteroatoms. The molecule has 6 fully saturated rings. The highest BCUT2D eigenvalue weighted by atomic mass is 16.8. The van der Waals surface area contributed by atoms with Crippen molar-refractivity contribution in [2.24, 2.45) is 28.6 Å². The summed E-state index contributed by atoms with van der Waals surface area (Å²) in [7, 11) is 0. The highest BCUT2D eigenvalue weighted by Gasteiger charge is 2.84. The molecule has 0 aromatic carbocycles. The molecule has 2 heterocycles. The maximum Gasteiger partial charge on any atom is 0.305 e. The zero-order valence-corrected chi connectivity index (χ0v) is 19.5. The minimum absolute atomic E-state index is 0.0000302. The second-order valence-corrected chi connectivity index (χ2v) is 12.0. The van der Waals surface area contributed by atoms with Gasteiger partial charge in [0.05, 0.1) is 6.10 Å². The van der Waals surface area contributed by atoms with Gasteiger partial charge in [-0.1, -0.05) is 13.8 Å². The summed E-state index contributed by atoms with van der Waals surface area (Å²) in [6, 6.07) is 0. The van der Waals surface area contributed by atoms with Crippen LogP contribution in [0, 0.1) is 28.6 Å². The molecule has 2 aliphatic heterocycles. The van der Waals surface area contributed by atoms with Gasteiger partial charge in [0, 0.05) is 38.0 Å². The van der Waals surface area contributed by atoms with Crippen molar-refractivity contribution in [3.8, 4) is 0 Å². The van der Waals surface area contributed by atoms with Crippen molar-refractivity contribution in [3.05, 3.63) is 0 Å². The first-order chi connectivity index (χ1) is 14.5. The van der Waals surface area contributed by atoms with Gasteiger partial charge in [0.15, 0.2) is 0 Å². The van der Waals surface area contributed by atoms with Crippen molar-refractivity contribution in [1.82, 2.24) is 0 Å². The molecule has 172 valence electrons. The van der Waals surface area contributed by atoms with Crippen LogP contribution in [0.15, 0.2) is 0 Å². The molecule has 0 N–H and O–H groups in total. The SMILES string of the molecule is CC(=O)OC1CCC2(C)C3CCC4(C)C(CCC45OC5(C)OC(C)=O)C3CC3OC32C1. The van der Waals surface area contributed by atoms with Crippen LogP contribution >= 0.6 is 0 Å². The van der Waals surface area contributed by atoms with Crippen molar-refractivity contribution in [2.45, 2.75) is 115 Å². The van der Waals surface area contributed by atoms with Crippen LogP contribution in [0.1, 0.15) is 86.0 Å². The first-order valence-corrected chi connectivity index (χ1v) is 12.3. The number of carbonyl (C=O) groups excluding carboxylic acids is 2. The lowest BCUT2D eigenvalue weighted by atomic mass is 9.44. The number of esters is 2. The molecule has 10 unspecified atom stereocenters. The first kappa shape index (κ1) is 20.5. The third kappa shape index (κ3) is 2.31. The van der Waals surface area contributed by atoms with Crippen LogP contribution in [0.2, 0.25) is 0 Å². The molecule has 2 saturated heterocycles. The monoisotopic (exact) mass is 432 g/mol. The lowest BCUT2D eigenvalue weighted by Gasteiger charge is -2.59. The Morgan fingerprint density at radius 1 is 0.903 bits per heavy atom. The molecule has 6 aliphatic rings. The molecular formula is C25H36O6. The molecule has 31 heavy (non-hydrogen) atoms. The molecule has 10 atom stereocenters. The fourth-order valence-electron chi connectivity index (χ4n) is 9.57. The third-order valence-corrected chi connectivity index (χ3v) is 10.9. The molecule has 0 bridgehead atoms. The highest BCUT2D eigenvalue weighted by molar-refractivity contribution is 5.67. The fraction of sp³-hybridized carbons (Fsp3) is 0.920. The highest BCUT2D eigenvalue weighted by Crippen LogP contribution is 2.78. The number of carbonyl (C=O) groups is 2. The number of ether oxygens (including phenoxy) is 4. The van der Waals surface area contributed by atoms with Crippen molar-refractivity contribution < 1.29 is 28.5 Å². The van der Waals surface area contributed by atoms with Crippen molar-refractivity contribution in [3.63, 3.8) is 0 Å². The van der Waals surface area contributed by atoms with Gasteiger partial charge in [-0.3, -0.25) is 9.59 Å². The van der Waals surface area contributed by atoms with Gasteiger partial charge in [-0.15, -0.1) is 0 Å². The number of hydrogen-bond acceptors (Lipinski definition) is 6. The van der Waals surface area contributed by atoms with Crippen LogP contribution in [-0.4, -0.2) is 41.1 Å². The maximum absolute atomic E-state index is 11.7. The van der Waals surface area contributed by atoms with Gasteiger partial charge in [0.25, 0.3) is 0 Å². The van der Waals surface area contributed by atoms with Crippen LogP contribution in [-0.2, 0) is 28.5 Å². The van der Waals surface area contributed by atoms with E-state index in [4.69, 9.17) is 18.9 Å². The molecule has 2 spiro atoms. The van der Waals surface area contributed by atoms with Gasteiger partial charge < -0.3 is 18.9 Å². The number of fused-ring (bicyclic) bond motifs is 5. The molecule has 6 nitrogen and oxygen atoms in total. The third-order valence-electron chi connectivity index (χ3n) is 10.9. The Labute approximate surface area is 184 Å². The summed E-state index contributed by atoms with van der Waals surface area (Å²) in [6.07, 6.45) is 8.66. The van der Waals surface area contributed by atoms with Crippen molar-refractivity contribution in [2.75, 3.05) is 0 Å². The molecule has 4 saturated carbocycles. The topological polar surface area (TPSA) is 77.7 Å². The standard InChI is InChI=1S/C25H36O6/c1-14(26)28-16-6-9-21(3)18-7-10-22(4)19(17(18)12-20-24(21,13-16)30-20)8-11-25(22)23(5,31-25)29-15(2)27/h16-20H,6-13H2,1-5H3. The minimum atomic E-state index is -0.768. The van der Waals surface area contributed by atoms with E-state index < -0.39 is 5.79 Å². The summed E-state index contributed by atoms with van der Waals surface area (Å²) in [5.41, 5.74) is -0.233.